The Hall–Kier alpha value is -1.06. The molecule has 1 aromatic carbocycles. The number of aryl methyl sites for hydroxylation is 2. The number of hydrogen-bond acceptors (Lipinski definition) is 2. The predicted octanol–water partition coefficient (Wildman–Crippen LogP) is 2.89. The minimum absolute atomic E-state index is 0.00843. The number of hydrogen-bond donors (Lipinski definition) is 2. The Labute approximate surface area is 108 Å². The molecule has 0 aliphatic rings. The van der Waals surface area contributed by atoms with Crippen molar-refractivity contribution in [3.05, 3.63) is 28.3 Å². The summed E-state index contributed by atoms with van der Waals surface area (Å²) in [6.45, 7) is 4.77. The van der Waals surface area contributed by atoms with E-state index in [0.29, 0.717) is 11.4 Å². The largest absolute Gasteiger partial charge is 0.325 e. The average Bonchev–Trinajstić information content (AvgIpc) is 2.24. The van der Waals surface area contributed by atoms with Gasteiger partial charge in [0.15, 0.2) is 0 Å². The molecule has 0 atom stereocenters. The fourth-order valence-corrected chi connectivity index (χ4v) is 2.07. The van der Waals surface area contributed by atoms with E-state index in [0.717, 1.165) is 29.8 Å². The van der Waals surface area contributed by atoms with Crippen LogP contribution in [-0.4, -0.2) is 19.5 Å². The van der Waals surface area contributed by atoms with Gasteiger partial charge in [-0.3, -0.25) is 4.79 Å². The molecule has 1 amide bonds. The monoisotopic (exact) mass is 254 g/mol. The summed E-state index contributed by atoms with van der Waals surface area (Å²) in [6, 6.07) is 3.87. The minimum Gasteiger partial charge on any atom is -0.325 e. The number of anilines is 1. The zero-order valence-electron chi connectivity index (χ0n) is 10.6. The number of carbonyl (C=O) groups is 1. The van der Waals surface area contributed by atoms with E-state index < -0.39 is 0 Å². The Kier molecular flexibility index (Phi) is 5.45. The van der Waals surface area contributed by atoms with E-state index in [1.165, 1.54) is 0 Å². The molecule has 0 radical (unpaired) electrons. The maximum absolute atomic E-state index is 11.7. The first kappa shape index (κ1) is 14.0. The zero-order valence-corrected chi connectivity index (χ0v) is 11.3. The molecule has 4 heteroatoms. The Morgan fingerprint density at radius 2 is 2.06 bits per heavy atom. The first-order valence-electron chi connectivity index (χ1n) is 5.75. The highest BCUT2D eigenvalue weighted by Gasteiger charge is 2.08. The maximum Gasteiger partial charge on any atom is 0.224 e. The summed E-state index contributed by atoms with van der Waals surface area (Å²) in [5, 5.41) is 6.48. The lowest BCUT2D eigenvalue weighted by atomic mass is 10.1. The first-order valence-corrected chi connectivity index (χ1v) is 6.13. The van der Waals surface area contributed by atoms with Crippen LogP contribution in [-0.2, 0) is 4.79 Å². The lowest BCUT2D eigenvalue weighted by Gasteiger charge is -2.11. The van der Waals surface area contributed by atoms with Gasteiger partial charge in [-0.25, -0.2) is 0 Å². The van der Waals surface area contributed by atoms with Crippen LogP contribution in [0.4, 0.5) is 5.69 Å². The molecule has 0 saturated heterocycles. The second-order valence-corrected chi connectivity index (χ2v) is 4.60. The second kappa shape index (κ2) is 6.62. The third-order valence-corrected chi connectivity index (χ3v) is 2.82. The lowest BCUT2D eigenvalue weighted by Crippen LogP contribution is -2.16. The van der Waals surface area contributed by atoms with Crippen molar-refractivity contribution in [3.63, 3.8) is 0 Å². The van der Waals surface area contributed by atoms with Crippen LogP contribution in [0.15, 0.2) is 12.1 Å². The number of halogens is 1. The van der Waals surface area contributed by atoms with Crippen LogP contribution in [0, 0.1) is 13.8 Å². The summed E-state index contributed by atoms with van der Waals surface area (Å²) < 4.78 is 0. The molecule has 0 aliphatic carbocycles. The molecule has 3 nitrogen and oxygen atoms in total. The molecule has 17 heavy (non-hydrogen) atoms. The van der Waals surface area contributed by atoms with Crippen molar-refractivity contribution < 1.29 is 4.79 Å². The van der Waals surface area contributed by atoms with E-state index in [-0.39, 0.29) is 5.91 Å². The molecular formula is C13H19ClN2O. The van der Waals surface area contributed by atoms with Gasteiger partial charge in [-0.1, -0.05) is 17.7 Å². The van der Waals surface area contributed by atoms with Gasteiger partial charge in [-0.15, -0.1) is 0 Å². The van der Waals surface area contributed by atoms with Crippen LogP contribution >= 0.6 is 11.6 Å². The van der Waals surface area contributed by atoms with Gasteiger partial charge < -0.3 is 10.6 Å². The van der Waals surface area contributed by atoms with E-state index in [4.69, 9.17) is 11.6 Å². The van der Waals surface area contributed by atoms with Crippen molar-refractivity contribution in [1.29, 1.82) is 0 Å². The van der Waals surface area contributed by atoms with E-state index in [9.17, 15) is 4.79 Å². The Balaban J connectivity index is 2.65. The quantitative estimate of drug-likeness (QED) is 0.794. The molecule has 0 fully saturated rings. The van der Waals surface area contributed by atoms with Crippen molar-refractivity contribution in [2.24, 2.45) is 0 Å². The zero-order chi connectivity index (χ0) is 12.8. The summed E-state index contributed by atoms with van der Waals surface area (Å²) in [4.78, 5) is 11.7. The second-order valence-electron chi connectivity index (χ2n) is 4.19. The van der Waals surface area contributed by atoms with Gasteiger partial charge in [0.2, 0.25) is 5.91 Å². The summed E-state index contributed by atoms with van der Waals surface area (Å²) in [7, 11) is 1.87. The molecule has 0 spiro atoms. The van der Waals surface area contributed by atoms with Gasteiger partial charge in [0.25, 0.3) is 0 Å². The molecule has 1 aromatic rings. The number of rotatable bonds is 5. The highest BCUT2D eigenvalue weighted by Crippen LogP contribution is 2.27. The molecule has 0 aliphatic heterocycles. The van der Waals surface area contributed by atoms with E-state index in [1.54, 1.807) is 0 Å². The molecule has 0 heterocycles. The van der Waals surface area contributed by atoms with Crippen LogP contribution in [0.25, 0.3) is 0 Å². The highest BCUT2D eigenvalue weighted by atomic mass is 35.5. The first-order chi connectivity index (χ1) is 8.04. The highest BCUT2D eigenvalue weighted by molar-refractivity contribution is 6.34. The third-order valence-electron chi connectivity index (χ3n) is 2.53. The topological polar surface area (TPSA) is 41.1 Å². The van der Waals surface area contributed by atoms with Gasteiger partial charge in [0, 0.05) is 6.42 Å². The standard InChI is InChI=1S/C13H19ClN2O/c1-9-7-10(2)13(11(14)8-9)16-12(17)5-4-6-15-3/h7-8,15H,4-6H2,1-3H3,(H,16,17). The summed E-state index contributed by atoms with van der Waals surface area (Å²) in [6.07, 6.45) is 1.33. The van der Waals surface area contributed by atoms with Crippen molar-refractivity contribution >= 4 is 23.2 Å². The lowest BCUT2D eigenvalue weighted by molar-refractivity contribution is -0.116. The van der Waals surface area contributed by atoms with Crippen LogP contribution < -0.4 is 10.6 Å². The molecular weight excluding hydrogens is 236 g/mol. The van der Waals surface area contributed by atoms with Crippen LogP contribution in [0.3, 0.4) is 0 Å². The molecule has 0 aromatic heterocycles. The van der Waals surface area contributed by atoms with E-state index in [1.807, 2.05) is 33.0 Å². The number of nitrogens with one attached hydrogen (secondary N) is 2. The Morgan fingerprint density at radius 1 is 1.35 bits per heavy atom. The Bertz CT molecular complexity index is 381. The summed E-state index contributed by atoms with van der Waals surface area (Å²) in [5.41, 5.74) is 2.82. The third kappa shape index (κ3) is 4.36. The number of carbonyl (C=O) groups excluding carboxylic acids is 1. The average molecular weight is 255 g/mol. The van der Waals surface area contributed by atoms with E-state index >= 15 is 0 Å². The minimum atomic E-state index is 0.00843. The van der Waals surface area contributed by atoms with E-state index in [2.05, 4.69) is 10.6 Å². The van der Waals surface area contributed by atoms with Crippen molar-refractivity contribution in [2.45, 2.75) is 26.7 Å². The van der Waals surface area contributed by atoms with Gasteiger partial charge in [0.05, 0.1) is 10.7 Å². The van der Waals surface area contributed by atoms with Crippen LogP contribution in [0.1, 0.15) is 24.0 Å². The molecule has 94 valence electrons. The normalized spacial score (nSPS) is 10.4. The van der Waals surface area contributed by atoms with Gasteiger partial charge in [-0.05, 0) is 51.1 Å². The summed E-state index contributed by atoms with van der Waals surface area (Å²) in [5.74, 6) is 0.00843. The Morgan fingerprint density at radius 3 is 2.65 bits per heavy atom. The maximum atomic E-state index is 11.7. The molecule has 0 unspecified atom stereocenters. The number of amides is 1. The molecule has 0 saturated carbocycles. The van der Waals surface area contributed by atoms with Crippen LogP contribution in [0.5, 0.6) is 0 Å². The number of benzene rings is 1. The van der Waals surface area contributed by atoms with Gasteiger partial charge in [0.1, 0.15) is 0 Å². The fourth-order valence-electron chi connectivity index (χ4n) is 1.70. The van der Waals surface area contributed by atoms with Crippen molar-refractivity contribution in [1.82, 2.24) is 5.32 Å². The molecule has 0 bridgehead atoms. The SMILES string of the molecule is CNCCCC(=O)Nc1c(C)cc(C)cc1Cl. The summed E-state index contributed by atoms with van der Waals surface area (Å²) >= 11 is 6.11. The van der Waals surface area contributed by atoms with Crippen LogP contribution in [0.2, 0.25) is 5.02 Å². The van der Waals surface area contributed by atoms with Gasteiger partial charge in [-0.2, -0.15) is 0 Å². The van der Waals surface area contributed by atoms with Crippen molar-refractivity contribution in [2.75, 3.05) is 18.9 Å². The van der Waals surface area contributed by atoms with Crippen molar-refractivity contribution in [3.8, 4) is 0 Å². The predicted molar refractivity (Wildman–Crippen MR) is 72.7 cm³/mol. The van der Waals surface area contributed by atoms with Gasteiger partial charge >= 0.3 is 0 Å². The fraction of sp³-hybridized carbons (Fsp3) is 0.462. The molecule has 2 N–H and O–H groups in total. The smallest absolute Gasteiger partial charge is 0.224 e. The molecule has 1 rings (SSSR count).